The van der Waals surface area contributed by atoms with Gasteiger partial charge in [-0.25, -0.2) is 9.78 Å². The molecule has 9 heteroatoms. The number of imidazole rings is 1. The van der Waals surface area contributed by atoms with E-state index in [0.29, 0.717) is 35.3 Å². The Morgan fingerprint density at radius 1 is 1.36 bits per heavy atom. The van der Waals surface area contributed by atoms with Crippen molar-refractivity contribution in [3.05, 3.63) is 34.2 Å². The van der Waals surface area contributed by atoms with Crippen LogP contribution in [0.4, 0.5) is 4.79 Å². The predicted molar refractivity (Wildman–Crippen MR) is 78.3 cm³/mol. The number of amides is 2. The number of carbonyl (C=O) groups excluding carboxylic acids is 2. The number of fused-ring (bicyclic) bond motifs is 1. The van der Waals surface area contributed by atoms with Crippen LogP contribution in [0.2, 0.25) is 10.0 Å². The summed E-state index contributed by atoms with van der Waals surface area (Å²) in [5.41, 5.74) is 0.155. The Hall–Kier alpha value is -1.99. The van der Waals surface area contributed by atoms with Gasteiger partial charge in [0.15, 0.2) is 11.2 Å². The van der Waals surface area contributed by atoms with Crippen molar-refractivity contribution in [1.82, 2.24) is 19.6 Å². The number of aromatic nitrogens is 2. The summed E-state index contributed by atoms with van der Waals surface area (Å²) in [6, 6.07) is 1.57. The largest absolute Gasteiger partial charge is 0.437 e. The second kappa shape index (κ2) is 4.50. The summed E-state index contributed by atoms with van der Waals surface area (Å²) in [5, 5.41) is 3.43. The third-order valence-electron chi connectivity index (χ3n) is 3.80. The van der Waals surface area contributed by atoms with Crippen LogP contribution in [-0.4, -0.2) is 51.5 Å². The highest BCUT2D eigenvalue weighted by atomic mass is 35.5. The van der Waals surface area contributed by atoms with Crippen molar-refractivity contribution in [2.75, 3.05) is 19.6 Å². The molecule has 1 spiro atoms. The summed E-state index contributed by atoms with van der Waals surface area (Å²) in [7, 11) is 0. The van der Waals surface area contributed by atoms with Crippen molar-refractivity contribution < 1.29 is 14.3 Å². The van der Waals surface area contributed by atoms with Crippen molar-refractivity contribution in [3.63, 3.8) is 0 Å². The minimum Gasteiger partial charge on any atom is -0.437 e. The lowest BCUT2D eigenvalue weighted by Gasteiger charge is -2.44. The van der Waals surface area contributed by atoms with E-state index in [1.165, 1.54) is 0 Å². The molecule has 4 rings (SSSR count). The van der Waals surface area contributed by atoms with E-state index in [1.54, 1.807) is 27.8 Å². The zero-order valence-electron chi connectivity index (χ0n) is 11.2. The zero-order chi connectivity index (χ0) is 15.5. The Kier molecular flexibility index (Phi) is 2.79. The minimum absolute atomic E-state index is 0.232. The molecule has 0 aromatic carbocycles. The third kappa shape index (κ3) is 2.00. The molecule has 1 N–H and O–H groups in total. The van der Waals surface area contributed by atoms with Gasteiger partial charge in [0.2, 0.25) is 0 Å². The molecule has 2 amide bonds. The maximum Gasteiger partial charge on any atom is 0.408 e. The molecule has 7 nitrogen and oxygen atoms in total. The molecule has 0 bridgehead atoms. The molecular formula is C13H10Cl2N4O3. The summed E-state index contributed by atoms with van der Waals surface area (Å²) in [4.78, 5) is 29.4. The van der Waals surface area contributed by atoms with Crippen LogP contribution < -0.4 is 5.32 Å². The first-order valence-corrected chi connectivity index (χ1v) is 7.31. The second-order valence-corrected chi connectivity index (χ2v) is 6.29. The van der Waals surface area contributed by atoms with Crippen molar-refractivity contribution in [2.24, 2.45) is 0 Å². The first-order chi connectivity index (χ1) is 10.5. The van der Waals surface area contributed by atoms with Crippen molar-refractivity contribution in [3.8, 4) is 0 Å². The number of pyridine rings is 1. The standard InChI is InChI=1S/C13H10Cl2N4O3/c14-7-1-8(15)10-17-9(3-18(10)2-7)11(20)19-5-13(6-19)4-16-12(21)22-13/h1-3H,4-6H2,(H,16,21). The molecular weight excluding hydrogens is 331 g/mol. The van der Waals surface area contributed by atoms with Crippen molar-refractivity contribution in [2.45, 2.75) is 5.60 Å². The molecule has 2 aliphatic rings. The number of halogens is 2. The van der Waals surface area contributed by atoms with Gasteiger partial charge in [-0.1, -0.05) is 23.2 Å². The van der Waals surface area contributed by atoms with E-state index < -0.39 is 11.7 Å². The Balaban J connectivity index is 1.57. The molecule has 114 valence electrons. The second-order valence-electron chi connectivity index (χ2n) is 5.45. The van der Waals surface area contributed by atoms with E-state index in [1.807, 2.05) is 0 Å². The topological polar surface area (TPSA) is 75.9 Å². The molecule has 0 unspecified atom stereocenters. The molecule has 2 aromatic rings. The van der Waals surface area contributed by atoms with Gasteiger partial charge in [-0.3, -0.25) is 4.79 Å². The Morgan fingerprint density at radius 3 is 2.82 bits per heavy atom. The van der Waals surface area contributed by atoms with Crippen LogP contribution in [0.5, 0.6) is 0 Å². The first-order valence-electron chi connectivity index (χ1n) is 6.56. The molecule has 2 saturated heterocycles. The monoisotopic (exact) mass is 340 g/mol. The normalized spacial score (nSPS) is 19.2. The smallest absolute Gasteiger partial charge is 0.408 e. The summed E-state index contributed by atoms with van der Waals surface area (Å²) < 4.78 is 6.80. The summed E-state index contributed by atoms with van der Waals surface area (Å²) >= 11 is 12.0. The number of hydrogen-bond acceptors (Lipinski definition) is 4. The molecule has 0 saturated carbocycles. The number of alkyl carbamates (subject to hydrolysis) is 1. The molecule has 0 atom stereocenters. The molecule has 22 heavy (non-hydrogen) atoms. The van der Waals surface area contributed by atoms with Crippen LogP contribution in [0.3, 0.4) is 0 Å². The van der Waals surface area contributed by atoms with Crippen LogP contribution in [0.25, 0.3) is 5.65 Å². The molecule has 0 radical (unpaired) electrons. The maximum atomic E-state index is 12.4. The van der Waals surface area contributed by atoms with E-state index in [0.717, 1.165) is 0 Å². The van der Waals surface area contributed by atoms with Gasteiger partial charge in [0.05, 0.1) is 29.7 Å². The highest BCUT2D eigenvalue weighted by Gasteiger charge is 2.52. The fraction of sp³-hybridized carbons (Fsp3) is 0.308. The lowest BCUT2D eigenvalue weighted by atomic mass is 9.94. The quantitative estimate of drug-likeness (QED) is 0.854. The first kappa shape index (κ1) is 13.7. The van der Waals surface area contributed by atoms with E-state index >= 15 is 0 Å². The van der Waals surface area contributed by atoms with E-state index in [4.69, 9.17) is 27.9 Å². The number of ether oxygens (including phenoxy) is 1. The number of likely N-dealkylation sites (tertiary alicyclic amines) is 1. The van der Waals surface area contributed by atoms with Gasteiger partial charge >= 0.3 is 6.09 Å². The summed E-state index contributed by atoms with van der Waals surface area (Å²) in [5.74, 6) is -0.232. The maximum absolute atomic E-state index is 12.4. The lowest BCUT2D eigenvalue weighted by molar-refractivity contribution is -0.0577. The number of nitrogens with one attached hydrogen (secondary N) is 1. The highest BCUT2D eigenvalue weighted by molar-refractivity contribution is 6.36. The number of hydrogen-bond donors (Lipinski definition) is 1. The van der Waals surface area contributed by atoms with Crippen molar-refractivity contribution >= 4 is 40.8 Å². The van der Waals surface area contributed by atoms with E-state index in [2.05, 4.69) is 10.3 Å². The van der Waals surface area contributed by atoms with Gasteiger partial charge in [-0.2, -0.15) is 0 Å². The minimum atomic E-state index is -0.590. The van der Waals surface area contributed by atoms with Gasteiger partial charge in [0.25, 0.3) is 5.91 Å². The fourth-order valence-electron chi connectivity index (χ4n) is 2.76. The fourth-order valence-corrected chi connectivity index (χ4v) is 3.29. The van der Waals surface area contributed by atoms with E-state index in [-0.39, 0.29) is 11.6 Å². The molecule has 4 heterocycles. The van der Waals surface area contributed by atoms with Crippen LogP contribution in [-0.2, 0) is 4.74 Å². The van der Waals surface area contributed by atoms with E-state index in [9.17, 15) is 9.59 Å². The Bertz CT molecular complexity index is 813. The van der Waals surface area contributed by atoms with Crippen LogP contribution in [0, 0.1) is 0 Å². The molecule has 2 fully saturated rings. The third-order valence-corrected chi connectivity index (χ3v) is 4.29. The van der Waals surface area contributed by atoms with Gasteiger partial charge in [-0.05, 0) is 6.07 Å². The Morgan fingerprint density at radius 2 is 2.14 bits per heavy atom. The number of nitrogens with zero attached hydrogens (tertiary/aromatic N) is 3. The molecule has 2 aromatic heterocycles. The number of carbonyl (C=O) groups is 2. The van der Waals surface area contributed by atoms with Crippen LogP contribution in [0.1, 0.15) is 10.5 Å². The molecule has 2 aliphatic heterocycles. The zero-order valence-corrected chi connectivity index (χ0v) is 12.7. The van der Waals surface area contributed by atoms with Gasteiger partial charge in [0.1, 0.15) is 5.69 Å². The summed E-state index contributed by atoms with van der Waals surface area (Å²) in [6.45, 7) is 1.13. The summed E-state index contributed by atoms with van der Waals surface area (Å²) in [6.07, 6.45) is 2.77. The predicted octanol–water partition coefficient (Wildman–Crippen LogP) is 1.58. The SMILES string of the molecule is O=C1NCC2(CN(C(=O)c3cn4cc(Cl)cc(Cl)c4n3)C2)O1. The molecule has 0 aliphatic carbocycles. The average Bonchev–Trinajstić information content (AvgIpc) is 3.00. The van der Waals surface area contributed by atoms with Gasteiger partial charge in [-0.15, -0.1) is 0 Å². The number of rotatable bonds is 1. The van der Waals surface area contributed by atoms with Gasteiger partial charge < -0.3 is 19.4 Å². The van der Waals surface area contributed by atoms with Crippen LogP contribution >= 0.6 is 23.2 Å². The van der Waals surface area contributed by atoms with Crippen molar-refractivity contribution in [1.29, 1.82) is 0 Å². The van der Waals surface area contributed by atoms with Crippen LogP contribution in [0.15, 0.2) is 18.5 Å². The lowest BCUT2D eigenvalue weighted by Crippen LogP contribution is -2.65. The average molecular weight is 341 g/mol. The Labute approximate surface area is 134 Å². The highest BCUT2D eigenvalue weighted by Crippen LogP contribution is 2.30. The van der Waals surface area contributed by atoms with Gasteiger partial charge in [0, 0.05) is 12.4 Å².